The van der Waals surface area contributed by atoms with Crippen molar-refractivity contribution in [1.29, 1.82) is 0 Å². The molecule has 0 radical (unpaired) electrons. The molecule has 3 aromatic carbocycles. The maximum Gasteiger partial charge on any atom is 0.251 e. The van der Waals surface area contributed by atoms with Crippen LogP contribution in [0.4, 0.5) is 0 Å². The second-order valence-corrected chi connectivity index (χ2v) is 8.06. The maximum absolute atomic E-state index is 12.6. The first-order valence-corrected chi connectivity index (χ1v) is 11.3. The number of nitrogens with one attached hydrogen (secondary N) is 1. The molecule has 0 bridgehead atoms. The van der Waals surface area contributed by atoms with Gasteiger partial charge in [0.05, 0.1) is 20.8 Å². The van der Waals surface area contributed by atoms with Crippen LogP contribution >= 0.6 is 11.8 Å². The van der Waals surface area contributed by atoms with E-state index in [1.165, 1.54) is 5.56 Å². The summed E-state index contributed by atoms with van der Waals surface area (Å²) in [6.45, 7) is 0.232. The first kappa shape index (κ1) is 22.4. The van der Waals surface area contributed by atoms with Gasteiger partial charge in [0, 0.05) is 17.0 Å². The molecule has 0 aliphatic heterocycles. The van der Waals surface area contributed by atoms with Gasteiger partial charge in [0.25, 0.3) is 5.91 Å². The summed E-state index contributed by atoms with van der Waals surface area (Å²) < 4.78 is 12.4. The predicted octanol–water partition coefficient (Wildman–Crippen LogP) is 4.51. The van der Waals surface area contributed by atoms with Gasteiger partial charge in [-0.3, -0.25) is 9.36 Å². The number of rotatable bonds is 9. The lowest BCUT2D eigenvalue weighted by Gasteiger charge is -2.12. The van der Waals surface area contributed by atoms with Crippen molar-refractivity contribution in [2.24, 2.45) is 0 Å². The number of aromatic nitrogens is 3. The monoisotopic (exact) mass is 460 g/mol. The molecule has 4 aromatic rings. The Kier molecular flexibility index (Phi) is 7.26. The standard InChI is InChI=1S/C25H24N4O3S/c1-31-21-12-8-19(9-13-21)24(30)26-16-23-27-28-25(33-17-18-6-4-3-5-7-18)29(23)20-10-14-22(32-2)15-11-20/h3-15H,16-17H2,1-2H3,(H,26,30). The summed E-state index contributed by atoms with van der Waals surface area (Å²) in [5, 5.41) is 12.5. The number of ether oxygens (including phenoxy) is 2. The van der Waals surface area contributed by atoms with E-state index >= 15 is 0 Å². The summed E-state index contributed by atoms with van der Waals surface area (Å²) in [5.74, 6) is 2.66. The fraction of sp³-hybridized carbons (Fsp3) is 0.160. The fourth-order valence-corrected chi connectivity index (χ4v) is 4.15. The summed E-state index contributed by atoms with van der Waals surface area (Å²) in [7, 11) is 3.23. The number of carbonyl (C=O) groups excluding carboxylic acids is 1. The lowest BCUT2D eigenvalue weighted by atomic mass is 10.2. The number of thioether (sulfide) groups is 1. The number of amides is 1. The first-order valence-electron chi connectivity index (χ1n) is 10.4. The van der Waals surface area contributed by atoms with Crippen LogP contribution in [0.25, 0.3) is 5.69 Å². The molecule has 4 rings (SSSR count). The van der Waals surface area contributed by atoms with Crippen LogP contribution in [0.3, 0.4) is 0 Å². The molecule has 0 unspecified atom stereocenters. The van der Waals surface area contributed by atoms with Crippen molar-refractivity contribution >= 4 is 17.7 Å². The van der Waals surface area contributed by atoms with Crippen molar-refractivity contribution in [3.05, 3.63) is 95.8 Å². The third kappa shape index (κ3) is 5.53. The second kappa shape index (κ2) is 10.7. The molecule has 7 nitrogen and oxygen atoms in total. The Hall–Kier alpha value is -3.78. The molecule has 0 aliphatic rings. The molecule has 1 aromatic heterocycles. The van der Waals surface area contributed by atoms with Crippen molar-refractivity contribution in [2.45, 2.75) is 17.5 Å². The molecule has 1 N–H and O–H groups in total. The molecule has 0 saturated carbocycles. The van der Waals surface area contributed by atoms with Gasteiger partial charge in [-0.1, -0.05) is 42.1 Å². The van der Waals surface area contributed by atoms with Crippen LogP contribution in [-0.2, 0) is 12.3 Å². The van der Waals surface area contributed by atoms with E-state index in [0.717, 1.165) is 22.3 Å². The molecule has 0 aliphatic carbocycles. The number of benzene rings is 3. The smallest absolute Gasteiger partial charge is 0.251 e. The third-order valence-electron chi connectivity index (χ3n) is 5.00. The van der Waals surface area contributed by atoms with E-state index in [0.29, 0.717) is 17.1 Å². The highest BCUT2D eigenvalue weighted by atomic mass is 32.2. The van der Waals surface area contributed by atoms with Gasteiger partial charge in [0.1, 0.15) is 11.5 Å². The molecule has 0 saturated heterocycles. The van der Waals surface area contributed by atoms with E-state index in [1.807, 2.05) is 47.0 Å². The van der Waals surface area contributed by atoms with Crippen LogP contribution in [0, 0.1) is 0 Å². The van der Waals surface area contributed by atoms with Crippen LogP contribution in [0.2, 0.25) is 0 Å². The minimum atomic E-state index is -0.194. The van der Waals surface area contributed by atoms with Crippen molar-refractivity contribution in [1.82, 2.24) is 20.1 Å². The predicted molar refractivity (Wildman–Crippen MR) is 128 cm³/mol. The Morgan fingerprint density at radius 2 is 1.52 bits per heavy atom. The van der Waals surface area contributed by atoms with Gasteiger partial charge in [0.2, 0.25) is 0 Å². The van der Waals surface area contributed by atoms with Gasteiger partial charge >= 0.3 is 0 Å². The minimum Gasteiger partial charge on any atom is -0.497 e. The number of hydrogen-bond donors (Lipinski definition) is 1. The average molecular weight is 461 g/mol. The zero-order valence-electron chi connectivity index (χ0n) is 18.4. The summed E-state index contributed by atoms with van der Waals surface area (Å²) in [6, 6.07) is 24.8. The first-order chi connectivity index (χ1) is 16.2. The molecule has 168 valence electrons. The van der Waals surface area contributed by atoms with Gasteiger partial charge in [-0.25, -0.2) is 0 Å². The third-order valence-corrected chi connectivity index (χ3v) is 6.00. The summed E-state index contributed by atoms with van der Waals surface area (Å²) in [4.78, 5) is 12.6. The van der Waals surface area contributed by atoms with E-state index in [-0.39, 0.29) is 12.5 Å². The van der Waals surface area contributed by atoms with E-state index in [4.69, 9.17) is 9.47 Å². The maximum atomic E-state index is 12.6. The lowest BCUT2D eigenvalue weighted by Crippen LogP contribution is -2.24. The van der Waals surface area contributed by atoms with Crippen LogP contribution in [0.15, 0.2) is 84.0 Å². The topological polar surface area (TPSA) is 78.3 Å². The Bertz CT molecular complexity index is 1190. The Morgan fingerprint density at radius 3 is 2.15 bits per heavy atom. The molecular weight excluding hydrogens is 436 g/mol. The highest BCUT2D eigenvalue weighted by Crippen LogP contribution is 2.26. The van der Waals surface area contributed by atoms with Crippen LogP contribution < -0.4 is 14.8 Å². The van der Waals surface area contributed by atoms with Crippen molar-refractivity contribution in [3.63, 3.8) is 0 Å². The number of hydrogen-bond acceptors (Lipinski definition) is 6. The van der Waals surface area contributed by atoms with Crippen LogP contribution in [0.1, 0.15) is 21.7 Å². The second-order valence-electron chi connectivity index (χ2n) is 7.12. The van der Waals surface area contributed by atoms with E-state index in [2.05, 4.69) is 27.6 Å². The van der Waals surface area contributed by atoms with E-state index in [1.54, 1.807) is 50.2 Å². The van der Waals surface area contributed by atoms with Gasteiger partial charge in [-0.2, -0.15) is 0 Å². The molecule has 0 spiro atoms. The molecular formula is C25H24N4O3S. The zero-order chi connectivity index (χ0) is 23.0. The number of methoxy groups -OCH3 is 2. The summed E-state index contributed by atoms with van der Waals surface area (Å²) >= 11 is 1.59. The largest absolute Gasteiger partial charge is 0.497 e. The average Bonchev–Trinajstić information content (AvgIpc) is 3.29. The number of carbonyl (C=O) groups is 1. The SMILES string of the molecule is COc1ccc(C(=O)NCc2nnc(SCc3ccccc3)n2-c2ccc(OC)cc2)cc1. The molecule has 0 atom stereocenters. The summed E-state index contributed by atoms with van der Waals surface area (Å²) in [5.41, 5.74) is 2.64. The fourth-order valence-electron chi connectivity index (χ4n) is 3.22. The molecule has 0 fully saturated rings. The highest BCUT2D eigenvalue weighted by Gasteiger charge is 2.16. The zero-order valence-corrected chi connectivity index (χ0v) is 19.2. The molecule has 8 heteroatoms. The van der Waals surface area contributed by atoms with Gasteiger partial charge in [-0.15, -0.1) is 10.2 Å². The minimum absolute atomic E-state index is 0.194. The van der Waals surface area contributed by atoms with Gasteiger partial charge < -0.3 is 14.8 Å². The van der Waals surface area contributed by atoms with Crippen molar-refractivity contribution in [2.75, 3.05) is 14.2 Å². The Labute approximate surface area is 196 Å². The quantitative estimate of drug-likeness (QED) is 0.371. The van der Waals surface area contributed by atoms with Gasteiger partial charge in [-0.05, 0) is 54.1 Å². The Balaban J connectivity index is 1.55. The normalized spacial score (nSPS) is 10.6. The van der Waals surface area contributed by atoms with Crippen molar-refractivity contribution in [3.8, 4) is 17.2 Å². The number of nitrogens with zero attached hydrogens (tertiary/aromatic N) is 3. The molecule has 1 amide bonds. The lowest BCUT2D eigenvalue weighted by molar-refractivity contribution is 0.0949. The van der Waals surface area contributed by atoms with E-state index < -0.39 is 0 Å². The Morgan fingerprint density at radius 1 is 0.879 bits per heavy atom. The highest BCUT2D eigenvalue weighted by molar-refractivity contribution is 7.98. The molecule has 1 heterocycles. The van der Waals surface area contributed by atoms with Crippen molar-refractivity contribution < 1.29 is 14.3 Å². The van der Waals surface area contributed by atoms with Crippen LogP contribution in [-0.4, -0.2) is 34.9 Å². The van der Waals surface area contributed by atoms with Crippen LogP contribution in [0.5, 0.6) is 11.5 Å². The van der Waals surface area contributed by atoms with Gasteiger partial charge in [0.15, 0.2) is 11.0 Å². The van der Waals surface area contributed by atoms with E-state index in [9.17, 15) is 4.79 Å². The summed E-state index contributed by atoms with van der Waals surface area (Å²) in [6.07, 6.45) is 0. The molecule has 33 heavy (non-hydrogen) atoms.